The highest BCUT2D eigenvalue weighted by Gasteiger charge is 2.23. The third-order valence-corrected chi connectivity index (χ3v) is 6.46. The summed E-state index contributed by atoms with van der Waals surface area (Å²) in [6.07, 6.45) is 8.29. The largest absolute Gasteiger partial charge is 0.456 e. The van der Waals surface area contributed by atoms with E-state index in [1.54, 1.807) is 36.9 Å². The van der Waals surface area contributed by atoms with Crippen molar-refractivity contribution in [3.8, 4) is 11.5 Å². The number of aromatic nitrogens is 2. The average molecular weight is 458 g/mol. The number of hydrogen-bond acceptors (Lipinski definition) is 8. The number of aliphatic imine (C=N–C) groups is 1. The predicted octanol–water partition coefficient (Wildman–Crippen LogP) is 4.85. The van der Waals surface area contributed by atoms with E-state index >= 15 is 0 Å². The second-order valence-corrected chi connectivity index (χ2v) is 8.76. The third-order valence-electron chi connectivity index (χ3n) is 5.21. The molecule has 162 valence electrons. The van der Waals surface area contributed by atoms with Gasteiger partial charge in [0.2, 0.25) is 0 Å². The molecule has 0 saturated heterocycles. The van der Waals surface area contributed by atoms with Gasteiger partial charge in [-0.15, -0.1) is 0 Å². The number of nitrogens with two attached hydrogens (primary N) is 1. The number of thiazole rings is 1. The summed E-state index contributed by atoms with van der Waals surface area (Å²) in [7, 11) is 1.66. The van der Waals surface area contributed by atoms with Crippen molar-refractivity contribution in [3.63, 3.8) is 0 Å². The normalized spacial score (nSPS) is 19.8. The van der Waals surface area contributed by atoms with E-state index in [9.17, 15) is 5.11 Å². The quantitative estimate of drug-likeness (QED) is 0.361. The van der Waals surface area contributed by atoms with Gasteiger partial charge in [-0.1, -0.05) is 35.8 Å². The van der Waals surface area contributed by atoms with Crippen LogP contribution in [0, 0.1) is 0 Å². The number of benzene rings is 1. The number of hydrogen-bond donors (Lipinski definition) is 3. The monoisotopic (exact) mass is 457 g/mol. The molecule has 4 N–H and O–H groups in total. The molecule has 1 aliphatic carbocycles. The van der Waals surface area contributed by atoms with Crippen LogP contribution in [0.3, 0.4) is 0 Å². The van der Waals surface area contributed by atoms with Crippen LogP contribution in [0.1, 0.15) is 31.2 Å². The molecule has 1 aromatic carbocycles. The first kappa shape index (κ1) is 21.5. The zero-order valence-electron chi connectivity index (χ0n) is 17.1. The van der Waals surface area contributed by atoms with Crippen LogP contribution in [0.2, 0.25) is 5.15 Å². The van der Waals surface area contributed by atoms with Gasteiger partial charge < -0.3 is 20.9 Å². The molecule has 0 radical (unpaired) electrons. The number of nitrogens with one attached hydrogen (secondary N) is 1. The Kier molecular flexibility index (Phi) is 6.70. The zero-order chi connectivity index (χ0) is 21.8. The molecule has 3 aromatic rings. The van der Waals surface area contributed by atoms with Crippen LogP contribution >= 0.6 is 22.9 Å². The SMILES string of the molecule is CN=C/C(=C\N)c1cc(Oc2ccc3nc(NC4CCCC[C@H]4O)sc3c2)cnc1Cl. The van der Waals surface area contributed by atoms with Crippen molar-refractivity contribution in [2.75, 3.05) is 12.4 Å². The van der Waals surface area contributed by atoms with Crippen molar-refractivity contribution in [1.29, 1.82) is 0 Å². The van der Waals surface area contributed by atoms with Gasteiger partial charge >= 0.3 is 0 Å². The van der Waals surface area contributed by atoms with Gasteiger partial charge in [0.05, 0.1) is 28.6 Å². The van der Waals surface area contributed by atoms with Gasteiger partial charge in [-0.25, -0.2) is 9.97 Å². The van der Waals surface area contributed by atoms with Crippen LogP contribution in [0.4, 0.5) is 5.13 Å². The van der Waals surface area contributed by atoms with Crippen molar-refractivity contribution in [2.45, 2.75) is 37.8 Å². The summed E-state index contributed by atoms with van der Waals surface area (Å²) >= 11 is 7.77. The van der Waals surface area contributed by atoms with Crippen LogP contribution in [0.25, 0.3) is 15.8 Å². The number of pyridine rings is 1. The van der Waals surface area contributed by atoms with Crippen LogP contribution in [0.15, 0.2) is 41.7 Å². The molecule has 9 heteroatoms. The summed E-state index contributed by atoms with van der Waals surface area (Å²) in [5.74, 6) is 1.20. The molecule has 1 saturated carbocycles. The molecule has 7 nitrogen and oxygen atoms in total. The highest BCUT2D eigenvalue weighted by Crippen LogP contribution is 2.34. The number of rotatable bonds is 6. The standard InChI is InChI=1S/C22H24ClN5O2S/c1-25-11-13(10-24)16-8-15(12-26-21(16)23)30-14-6-7-18-20(9-14)31-22(28-18)27-17-4-2-3-5-19(17)29/h6-12,17,19,29H,2-5,24H2,1H3,(H,27,28)/b13-10+,25-11?/t17?,19-/m1/s1. The maximum Gasteiger partial charge on any atom is 0.184 e. The molecule has 2 heterocycles. The fourth-order valence-electron chi connectivity index (χ4n) is 3.63. The highest BCUT2D eigenvalue weighted by molar-refractivity contribution is 7.22. The summed E-state index contributed by atoms with van der Waals surface area (Å²) in [6, 6.07) is 7.56. The molecule has 4 rings (SSSR count). The first-order chi connectivity index (χ1) is 15.1. The molecule has 1 aliphatic rings. The Hall–Kier alpha value is -2.68. The van der Waals surface area contributed by atoms with Crippen LogP contribution in [-0.2, 0) is 0 Å². The zero-order valence-corrected chi connectivity index (χ0v) is 18.7. The second kappa shape index (κ2) is 9.64. The Morgan fingerprint density at radius 3 is 2.94 bits per heavy atom. The van der Waals surface area contributed by atoms with E-state index < -0.39 is 0 Å². The van der Waals surface area contributed by atoms with Crippen molar-refractivity contribution in [2.24, 2.45) is 10.7 Å². The molecule has 1 unspecified atom stereocenters. The number of allylic oxidation sites excluding steroid dienone is 1. The Bertz CT molecular complexity index is 1130. The van der Waals surface area contributed by atoms with Gasteiger partial charge in [0.15, 0.2) is 5.13 Å². The number of aliphatic hydroxyl groups excluding tert-OH is 1. The van der Waals surface area contributed by atoms with Crippen molar-refractivity contribution < 1.29 is 9.84 Å². The number of nitrogens with zero attached hydrogens (tertiary/aromatic N) is 3. The first-order valence-corrected chi connectivity index (χ1v) is 11.3. The second-order valence-electron chi connectivity index (χ2n) is 7.37. The lowest BCUT2D eigenvalue weighted by Crippen LogP contribution is -2.36. The van der Waals surface area contributed by atoms with E-state index in [1.165, 1.54) is 6.20 Å². The summed E-state index contributed by atoms with van der Waals surface area (Å²) < 4.78 is 7.01. The van der Waals surface area contributed by atoms with Crippen LogP contribution in [0.5, 0.6) is 11.5 Å². The van der Waals surface area contributed by atoms with E-state index in [0.717, 1.165) is 41.0 Å². The molecule has 0 bridgehead atoms. The Balaban J connectivity index is 1.54. The van der Waals surface area contributed by atoms with Crippen molar-refractivity contribution in [3.05, 3.63) is 47.4 Å². The first-order valence-electron chi connectivity index (χ1n) is 10.1. The van der Waals surface area contributed by atoms with Gasteiger partial charge in [-0.2, -0.15) is 0 Å². The fraction of sp³-hybridized carbons (Fsp3) is 0.318. The van der Waals surface area contributed by atoms with E-state index in [1.807, 2.05) is 18.2 Å². The number of aliphatic hydroxyl groups is 1. The van der Waals surface area contributed by atoms with Gasteiger partial charge in [0.25, 0.3) is 0 Å². The molecule has 2 atom stereocenters. The number of ether oxygens (including phenoxy) is 1. The number of anilines is 1. The van der Waals surface area contributed by atoms with Crippen LogP contribution < -0.4 is 15.8 Å². The minimum Gasteiger partial charge on any atom is -0.456 e. The average Bonchev–Trinajstić information content (AvgIpc) is 3.17. The summed E-state index contributed by atoms with van der Waals surface area (Å²) in [6.45, 7) is 0. The predicted molar refractivity (Wildman–Crippen MR) is 127 cm³/mol. The minimum absolute atomic E-state index is 0.0556. The summed E-state index contributed by atoms with van der Waals surface area (Å²) in [4.78, 5) is 12.8. The van der Waals surface area contributed by atoms with Crippen molar-refractivity contribution >= 4 is 50.1 Å². The summed E-state index contributed by atoms with van der Waals surface area (Å²) in [5, 5.41) is 14.7. The van der Waals surface area contributed by atoms with E-state index in [2.05, 4.69) is 20.3 Å². The summed E-state index contributed by atoms with van der Waals surface area (Å²) in [5.41, 5.74) is 7.88. The molecule has 31 heavy (non-hydrogen) atoms. The highest BCUT2D eigenvalue weighted by atomic mass is 35.5. The molecule has 0 amide bonds. The molecule has 2 aromatic heterocycles. The lowest BCUT2D eigenvalue weighted by atomic mass is 9.93. The fourth-order valence-corrected chi connectivity index (χ4v) is 4.80. The minimum atomic E-state index is -0.323. The Morgan fingerprint density at radius 1 is 1.32 bits per heavy atom. The van der Waals surface area contributed by atoms with E-state index in [0.29, 0.717) is 27.8 Å². The molecular formula is C22H24ClN5O2S. The molecule has 0 aliphatic heterocycles. The maximum absolute atomic E-state index is 10.2. The molecular weight excluding hydrogens is 434 g/mol. The molecule has 0 spiro atoms. The lowest BCUT2D eigenvalue weighted by molar-refractivity contribution is 0.116. The van der Waals surface area contributed by atoms with Gasteiger partial charge in [-0.05, 0) is 31.0 Å². The van der Waals surface area contributed by atoms with Gasteiger partial charge in [0, 0.05) is 36.7 Å². The lowest BCUT2D eigenvalue weighted by Gasteiger charge is -2.27. The topological polar surface area (TPSA) is 106 Å². The number of halogens is 1. The maximum atomic E-state index is 10.2. The van der Waals surface area contributed by atoms with Gasteiger partial charge in [0.1, 0.15) is 16.7 Å². The van der Waals surface area contributed by atoms with Gasteiger partial charge in [-0.3, -0.25) is 4.99 Å². The Morgan fingerprint density at radius 2 is 2.16 bits per heavy atom. The van der Waals surface area contributed by atoms with E-state index in [4.69, 9.17) is 22.1 Å². The molecule has 1 fully saturated rings. The third kappa shape index (κ3) is 4.98. The van der Waals surface area contributed by atoms with E-state index in [-0.39, 0.29) is 12.1 Å². The van der Waals surface area contributed by atoms with Crippen LogP contribution in [-0.4, -0.2) is 40.5 Å². The number of fused-ring (bicyclic) bond motifs is 1. The van der Waals surface area contributed by atoms with Crippen molar-refractivity contribution in [1.82, 2.24) is 9.97 Å². The smallest absolute Gasteiger partial charge is 0.184 e. The Labute approximate surface area is 189 Å².